The normalized spacial score (nSPS) is 11.2. The van der Waals surface area contributed by atoms with E-state index in [-0.39, 0.29) is 0 Å². The number of carbonyl (C=O) groups is 1. The second kappa shape index (κ2) is 8.02. The summed E-state index contributed by atoms with van der Waals surface area (Å²) in [5.41, 5.74) is 2.54. The van der Waals surface area contributed by atoms with E-state index in [0.29, 0.717) is 12.2 Å². The molecule has 0 amide bonds. The van der Waals surface area contributed by atoms with Crippen molar-refractivity contribution in [2.45, 2.75) is 39.3 Å². The molecule has 0 unspecified atom stereocenters. The summed E-state index contributed by atoms with van der Waals surface area (Å²) in [5, 5.41) is 1.24. The first-order valence-electron chi connectivity index (χ1n) is 7.09. The van der Waals surface area contributed by atoms with Gasteiger partial charge in [-0.1, -0.05) is 55.9 Å². The molecular formula is C16H24O3Si. The third-order valence-electron chi connectivity index (χ3n) is 3.34. The Morgan fingerprint density at radius 2 is 1.90 bits per heavy atom. The minimum Gasteiger partial charge on any atom is -0.293 e. The molecule has 1 rings (SSSR count). The number of benzene rings is 1. The Balaban J connectivity index is 2.52. The van der Waals surface area contributed by atoms with Gasteiger partial charge in [0.1, 0.15) is 8.07 Å². The molecule has 0 spiro atoms. The van der Waals surface area contributed by atoms with E-state index in [2.05, 4.69) is 26.6 Å². The highest BCUT2D eigenvalue weighted by Crippen LogP contribution is 2.07. The molecule has 0 fully saturated rings. The van der Waals surface area contributed by atoms with Crippen LogP contribution in [0.2, 0.25) is 13.1 Å². The van der Waals surface area contributed by atoms with Gasteiger partial charge in [0.25, 0.3) is 0 Å². The summed E-state index contributed by atoms with van der Waals surface area (Å²) in [5.74, 6) is -0.439. The standard InChI is InChI=1S/C16H24O3Si/c1-5-7-8-13-18-19-16(17)14-9-11-15(12-10-14)20(3,4)6-2/h6,9-12H,2,5,7-8,13H2,1,3-4H3. The monoisotopic (exact) mass is 292 g/mol. The Morgan fingerprint density at radius 1 is 1.25 bits per heavy atom. The van der Waals surface area contributed by atoms with Crippen LogP contribution < -0.4 is 5.19 Å². The van der Waals surface area contributed by atoms with Gasteiger partial charge in [0.05, 0.1) is 12.2 Å². The number of rotatable bonds is 8. The Kier molecular flexibility index (Phi) is 6.68. The molecule has 0 aromatic heterocycles. The minimum absolute atomic E-state index is 0.439. The van der Waals surface area contributed by atoms with Crippen molar-refractivity contribution < 1.29 is 14.6 Å². The van der Waals surface area contributed by atoms with Crippen LogP contribution in [0.5, 0.6) is 0 Å². The number of hydrogen-bond acceptors (Lipinski definition) is 3. The predicted octanol–water partition coefficient (Wildman–Crippen LogP) is 3.61. The third-order valence-corrected chi connectivity index (χ3v) is 6.18. The van der Waals surface area contributed by atoms with E-state index in [4.69, 9.17) is 9.78 Å². The van der Waals surface area contributed by atoms with E-state index in [1.165, 1.54) is 5.19 Å². The molecule has 3 nitrogen and oxygen atoms in total. The van der Waals surface area contributed by atoms with Crippen LogP contribution in [0.3, 0.4) is 0 Å². The largest absolute Gasteiger partial charge is 0.373 e. The van der Waals surface area contributed by atoms with E-state index in [9.17, 15) is 4.79 Å². The first kappa shape index (κ1) is 16.7. The van der Waals surface area contributed by atoms with Gasteiger partial charge in [0.15, 0.2) is 0 Å². The van der Waals surface area contributed by atoms with Gasteiger partial charge in [-0.2, -0.15) is 4.89 Å². The molecule has 0 saturated carbocycles. The van der Waals surface area contributed by atoms with Gasteiger partial charge in [-0.05, 0) is 18.6 Å². The van der Waals surface area contributed by atoms with Crippen molar-refractivity contribution in [3.8, 4) is 0 Å². The Hall–Kier alpha value is -1.39. The van der Waals surface area contributed by atoms with Crippen molar-refractivity contribution >= 4 is 19.2 Å². The van der Waals surface area contributed by atoms with Crippen molar-refractivity contribution in [2.75, 3.05) is 6.61 Å². The lowest BCUT2D eigenvalue weighted by atomic mass is 10.2. The molecule has 1 aromatic rings. The van der Waals surface area contributed by atoms with Crippen LogP contribution in [-0.2, 0) is 9.78 Å². The highest BCUT2D eigenvalue weighted by atomic mass is 28.3. The average molecular weight is 292 g/mol. The third kappa shape index (κ3) is 4.94. The second-order valence-electron chi connectivity index (χ2n) is 5.40. The maximum atomic E-state index is 11.8. The highest BCUT2D eigenvalue weighted by Gasteiger charge is 2.19. The summed E-state index contributed by atoms with van der Waals surface area (Å²) >= 11 is 0. The van der Waals surface area contributed by atoms with E-state index in [1.807, 2.05) is 17.8 Å². The first-order valence-corrected chi connectivity index (χ1v) is 10.2. The van der Waals surface area contributed by atoms with Crippen LogP contribution >= 0.6 is 0 Å². The van der Waals surface area contributed by atoms with Crippen molar-refractivity contribution in [2.24, 2.45) is 0 Å². The van der Waals surface area contributed by atoms with Crippen LogP contribution in [0.1, 0.15) is 36.5 Å². The maximum absolute atomic E-state index is 11.8. The smallest absolute Gasteiger partial charge is 0.293 e. The molecule has 110 valence electrons. The van der Waals surface area contributed by atoms with Crippen molar-refractivity contribution in [3.05, 3.63) is 42.1 Å². The molecule has 20 heavy (non-hydrogen) atoms. The molecule has 1 aromatic carbocycles. The zero-order valence-corrected chi connectivity index (χ0v) is 13.6. The van der Waals surface area contributed by atoms with Crippen molar-refractivity contribution in [3.63, 3.8) is 0 Å². The highest BCUT2D eigenvalue weighted by molar-refractivity contribution is 6.93. The van der Waals surface area contributed by atoms with Crippen LogP contribution in [0, 0.1) is 0 Å². The van der Waals surface area contributed by atoms with Gasteiger partial charge in [-0.3, -0.25) is 4.89 Å². The molecule has 0 aliphatic rings. The molecular weight excluding hydrogens is 268 g/mol. The average Bonchev–Trinajstić information content (AvgIpc) is 2.47. The van der Waals surface area contributed by atoms with Gasteiger partial charge >= 0.3 is 5.97 Å². The zero-order chi connectivity index (χ0) is 15.0. The summed E-state index contributed by atoms with van der Waals surface area (Å²) in [6.07, 6.45) is 3.09. The fourth-order valence-electron chi connectivity index (χ4n) is 1.71. The van der Waals surface area contributed by atoms with E-state index in [1.54, 1.807) is 12.1 Å². The summed E-state index contributed by atoms with van der Waals surface area (Å²) in [7, 11) is -1.57. The van der Waals surface area contributed by atoms with Crippen LogP contribution in [-0.4, -0.2) is 20.7 Å². The molecule has 0 heterocycles. The van der Waals surface area contributed by atoms with E-state index >= 15 is 0 Å². The van der Waals surface area contributed by atoms with Crippen molar-refractivity contribution in [1.29, 1.82) is 0 Å². The summed E-state index contributed by atoms with van der Waals surface area (Å²) in [6, 6.07) is 7.51. The first-order chi connectivity index (χ1) is 9.51. The molecule has 0 aliphatic carbocycles. The summed E-state index contributed by atoms with van der Waals surface area (Å²) < 4.78 is 0. The molecule has 0 radical (unpaired) electrons. The zero-order valence-electron chi connectivity index (χ0n) is 12.6. The molecule has 0 saturated heterocycles. The van der Waals surface area contributed by atoms with Crippen LogP contribution in [0.25, 0.3) is 0 Å². The summed E-state index contributed by atoms with van der Waals surface area (Å²) in [4.78, 5) is 21.4. The number of hydrogen-bond donors (Lipinski definition) is 0. The van der Waals surface area contributed by atoms with E-state index < -0.39 is 14.0 Å². The predicted molar refractivity (Wildman–Crippen MR) is 84.6 cm³/mol. The van der Waals surface area contributed by atoms with Crippen molar-refractivity contribution in [1.82, 2.24) is 0 Å². The van der Waals surface area contributed by atoms with Gasteiger partial charge in [0.2, 0.25) is 0 Å². The fraction of sp³-hybridized carbons (Fsp3) is 0.438. The van der Waals surface area contributed by atoms with Gasteiger partial charge in [0, 0.05) is 0 Å². The second-order valence-corrected chi connectivity index (χ2v) is 9.83. The lowest BCUT2D eigenvalue weighted by molar-refractivity contribution is -0.241. The Morgan fingerprint density at radius 3 is 2.45 bits per heavy atom. The van der Waals surface area contributed by atoms with Gasteiger partial charge < -0.3 is 0 Å². The molecule has 0 atom stereocenters. The Bertz CT molecular complexity index is 438. The number of unbranched alkanes of at least 4 members (excludes halogenated alkanes) is 2. The molecule has 0 bridgehead atoms. The topological polar surface area (TPSA) is 35.5 Å². The lowest BCUT2D eigenvalue weighted by Crippen LogP contribution is -2.39. The van der Waals surface area contributed by atoms with Crippen LogP contribution in [0.4, 0.5) is 0 Å². The molecule has 0 N–H and O–H groups in total. The van der Waals surface area contributed by atoms with Crippen LogP contribution in [0.15, 0.2) is 36.5 Å². The Labute approximate surface area is 122 Å². The molecule has 4 heteroatoms. The van der Waals surface area contributed by atoms with Gasteiger partial charge in [-0.25, -0.2) is 4.79 Å². The van der Waals surface area contributed by atoms with E-state index in [0.717, 1.165) is 19.3 Å². The summed E-state index contributed by atoms with van der Waals surface area (Å²) in [6.45, 7) is 10.9. The number of carbonyl (C=O) groups excluding carboxylic acids is 1. The minimum atomic E-state index is -1.57. The van der Waals surface area contributed by atoms with Gasteiger partial charge in [-0.15, -0.1) is 6.58 Å². The fourth-order valence-corrected chi connectivity index (χ4v) is 2.97. The quantitative estimate of drug-likeness (QED) is 0.318. The maximum Gasteiger partial charge on any atom is 0.373 e. The SMILES string of the molecule is C=C[Si](C)(C)c1ccc(C(=O)OOCCCCC)cc1. The molecule has 0 aliphatic heterocycles. The lowest BCUT2D eigenvalue weighted by Gasteiger charge is -2.17.